The van der Waals surface area contributed by atoms with Gasteiger partial charge in [0.25, 0.3) is 0 Å². The normalized spacial score (nSPS) is 11.6. The third kappa shape index (κ3) is 14.9. The SMILES string of the molecule is c1ccc(N(c2ccccc2)c2ccc(-c3cc(-c4ccc5oc6ccccc6c5c4)c4sc5ccccc5c4c3)cc2)cc1.c1ccc(N(c2ccccc2)c2ccc(-c3cc(-c4cccc5c4oc4ccccc45)c4sc5ccccc5c4c3)cc2)cc1.c1ccc(N(c2ccccc2)c2ccc(-c3cc(-c4cccc5c4sc4ccccc45)c4sc5ccccc5c4c3)cc2)cc1. The standard InChI is InChI=1S/2C42H27NOS.C42H27NS2/c1-3-12-30(13-4-1)43(31-14-5-2-6-15-31)32-24-22-28(23-25-32)29-26-37-34-17-8-10-21-40(34)45-42(37)38(27-29)36-19-11-18-35-33-16-7-9-20-39(33)44-41(35)36;1-3-11-31(12-4-1)43(32-13-5-2-6-14-32)33-22-19-28(20-23-33)30-26-36(42-38(27-30)35-16-8-10-18-41(35)45-42)29-21-24-40-37(25-29)34-15-7-9-17-39(34)44-40;1-3-12-30(13-4-1)43(31-14-5-2-6-15-31)32-24-22-28(23-25-32)29-26-37-34-17-8-10-21-40(34)45-42(37)38(27-29)36-19-11-18-35-33-16-7-9-20-39(33)44-41(35)36/h3*1-27H. The third-order valence-electron chi connectivity index (χ3n) is 26.0. The van der Waals surface area contributed by atoms with Crippen LogP contribution in [0.5, 0.6) is 0 Å². The predicted molar refractivity (Wildman–Crippen MR) is 582 cm³/mol. The lowest BCUT2D eigenvalue weighted by atomic mass is 9.95. The summed E-state index contributed by atoms with van der Waals surface area (Å²) in [6.07, 6.45) is 0. The average Bonchev–Trinajstić information content (AvgIpc) is 1.71. The van der Waals surface area contributed by atoms with E-state index in [0.717, 1.165) is 101 Å². The highest BCUT2D eigenvalue weighted by Gasteiger charge is 2.25. The van der Waals surface area contributed by atoms with Crippen molar-refractivity contribution in [1.29, 1.82) is 0 Å². The minimum atomic E-state index is 0.917. The smallest absolute Gasteiger partial charge is 0.143 e. The molecule has 0 aliphatic carbocycles. The highest BCUT2D eigenvalue weighted by molar-refractivity contribution is 7.28. The van der Waals surface area contributed by atoms with Gasteiger partial charge in [0, 0.05) is 181 Å². The third-order valence-corrected chi connectivity index (χ3v) is 30.9. The zero-order valence-electron chi connectivity index (χ0n) is 73.1. The zero-order chi connectivity index (χ0) is 89.2. The van der Waals surface area contributed by atoms with Crippen LogP contribution in [-0.2, 0) is 0 Å². The van der Waals surface area contributed by atoms with Crippen molar-refractivity contribution in [2.45, 2.75) is 0 Å². The van der Waals surface area contributed by atoms with Crippen molar-refractivity contribution >= 4 is 221 Å². The van der Waals surface area contributed by atoms with Crippen molar-refractivity contribution in [2.24, 2.45) is 0 Å². The van der Waals surface area contributed by atoms with Gasteiger partial charge in [0.2, 0.25) is 0 Å². The number of hydrogen-bond donors (Lipinski definition) is 0. The summed E-state index contributed by atoms with van der Waals surface area (Å²) in [6.45, 7) is 0. The van der Waals surface area contributed by atoms with E-state index >= 15 is 0 Å². The maximum absolute atomic E-state index is 6.53. The van der Waals surface area contributed by atoms with Crippen molar-refractivity contribution in [3.63, 3.8) is 0 Å². The molecule has 27 rings (SSSR count). The van der Waals surface area contributed by atoms with Gasteiger partial charge in [-0.15, -0.1) is 45.3 Å². The number of benzene rings is 21. The Kier molecular flexibility index (Phi) is 20.7. The van der Waals surface area contributed by atoms with Gasteiger partial charge in [-0.2, -0.15) is 0 Å². The van der Waals surface area contributed by atoms with Crippen LogP contribution in [0.25, 0.3) is 191 Å². The van der Waals surface area contributed by atoms with Gasteiger partial charge < -0.3 is 23.5 Å². The van der Waals surface area contributed by atoms with Crippen molar-refractivity contribution < 1.29 is 8.83 Å². The second-order valence-electron chi connectivity index (χ2n) is 34.0. The van der Waals surface area contributed by atoms with Crippen LogP contribution in [-0.4, -0.2) is 0 Å². The van der Waals surface area contributed by atoms with E-state index in [2.05, 4.69) is 488 Å². The van der Waals surface area contributed by atoms with Crippen LogP contribution in [0, 0.1) is 0 Å². The molecular weight excluding hydrogens is 1720 g/mol. The van der Waals surface area contributed by atoms with E-state index < -0.39 is 0 Å². The molecular formula is C126H81N3O2S4. The van der Waals surface area contributed by atoms with Gasteiger partial charge in [-0.25, -0.2) is 0 Å². The zero-order valence-corrected chi connectivity index (χ0v) is 76.3. The number of thiophene rings is 4. The molecule has 27 aromatic rings. The molecule has 0 saturated carbocycles. The first-order chi connectivity index (χ1) is 66.9. The Balaban J connectivity index is 0.000000108. The van der Waals surface area contributed by atoms with Gasteiger partial charge in [0.05, 0.1) is 0 Å². The molecule has 0 radical (unpaired) electrons. The largest absolute Gasteiger partial charge is 0.456 e. The molecule has 0 spiro atoms. The molecule has 6 aromatic heterocycles. The molecule has 0 atom stereocenters. The molecule has 0 aliphatic rings. The van der Waals surface area contributed by atoms with Gasteiger partial charge in [-0.3, -0.25) is 0 Å². The molecule has 0 bridgehead atoms. The van der Waals surface area contributed by atoms with Crippen LogP contribution < -0.4 is 14.7 Å². The number of para-hydroxylation sites is 9. The van der Waals surface area contributed by atoms with Crippen molar-refractivity contribution in [3.05, 3.63) is 491 Å². The van der Waals surface area contributed by atoms with Crippen molar-refractivity contribution in [3.8, 4) is 66.8 Å². The fourth-order valence-corrected chi connectivity index (χ4v) is 24.5. The van der Waals surface area contributed by atoms with Crippen LogP contribution >= 0.6 is 45.3 Å². The van der Waals surface area contributed by atoms with E-state index in [1.165, 1.54) is 142 Å². The molecule has 636 valence electrons. The Morgan fingerprint density at radius 2 is 0.400 bits per heavy atom. The van der Waals surface area contributed by atoms with Crippen LogP contribution in [0.3, 0.4) is 0 Å². The number of fused-ring (bicyclic) bond motifs is 18. The predicted octanol–water partition coefficient (Wildman–Crippen LogP) is 38.7. The lowest BCUT2D eigenvalue weighted by molar-refractivity contribution is 0.669. The number of nitrogens with zero attached hydrogens (tertiary/aromatic N) is 3. The summed E-state index contributed by atoms with van der Waals surface area (Å²) in [7, 11) is 0. The minimum absolute atomic E-state index is 0.917. The Morgan fingerprint density at radius 3 is 0.793 bits per heavy atom. The first-order valence-corrected chi connectivity index (χ1v) is 48.8. The molecule has 135 heavy (non-hydrogen) atoms. The molecule has 9 heteroatoms. The summed E-state index contributed by atoms with van der Waals surface area (Å²) in [5.41, 5.74) is 28.4. The topological polar surface area (TPSA) is 36.0 Å². The molecule has 0 aliphatic heterocycles. The van der Waals surface area contributed by atoms with E-state index in [1.807, 2.05) is 63.5 Å². The summed E-state index contributed by atoms with van der Waals surface area (Å²) in [5, 5.41) is 15.0. The Bertz CT molecular complexity index is 8620. The first-order valence-electron chi connectivity index (χ1n) is 45.5. The molecule has 0 unspecified atom stereocenters. The van der Waals surface area contributed by atoms with Gasteiger partial charge in [0.15, 0.2) is 0 Å². The highest BCUT2D eigenvalue weighted by atomic mass is 32.1. The van der Waals surface area contributed by atoms with E-state index in [0.29, 0.717) is 0 Å². The Morgan fingerprint density at radius 1 is 0.141 bits per heavy atom. The first kappa shape index (κ1) is 80.6. The average molecular weight is 1800 g/mol. The van der Waals surface area contributed by atoms with E-state index in [1.54, 1.807) is 0 Å². The fraction of sp³-hybridized carbons (Fsp3) is 0. The van der Waals surface area contributed by atoms with Gasteiger partial charge in [0.1, 0.15) is 22.3 Å². The van der Waals surface area contributed by atoms with Crippen molar-refractivity contribution in [2.75, 3.05) is 14.7 Å². The van der Waals surface area contributed by atoms with Gasteiger partial charge in [-0.05, 0) is 233 Å². The van der Waals surface area contributed by atoms with Crippen LogP contribution in [0.1, 0.15) is 0 Å². The lowest BCUT2D eigenvalue weighted by Crippen LogP contribution is -2.09. The molecule has 0 fully saturated rings. The summed E-state index contributed by atoms with van der Waals surface area (Å²) in [4.78, 5) is 6.91. The van der Waals surface area contributed by atoms with E-state index in [-0.39, 0.29) is 0 Å². The molecule has 21 aromatic carbocycles. The second kappa shape index (κ2) is 34.7. The summed E-state index contributed by atoms with van der Waals surface area (Å²) in [5.74, 6) is 0. The lowest BCUT2D eigenvalue weighted by Gasteiger charge is -2.25. The number of hydrogen-bond acceptors (Lipinski definition) is 9. The number of anilines is 9. The Labute approximate surface area is 796 Å². The number of furan rings is 2. The molecule has 5 nitrogen and oxygen atoms in total. The molecule has 0 N–H and O–H groups in total. The van der Waals surface area contributed by atoms with Crippen LogP contribution in [0.15, 0.2) is 500 Å². The summed E-state index contributed by atoms with van der Waals surface area (Å²) in [6, 6.07) is 176. The van der Waals surface area contributed by atoms with Crippen LogP contribution in [0.2, 0.25) is 0 Å². The quantitative estimate of drug-likeness (QED) is 0.102. The monoisotopic (exact) mass is 1800 g/mol. The van der Waals surface area contributed by atoms with Gasteiger partial charge >= 0.3 is 0 Å². The maximum Gasteiger partial charge on any atom is 0.143 e. The highest BCUT2D eigenvalue weighted by Crippen LogP contribution is 2.52. The summed E-state index contributed by atoms with van der Waals surface area (Å²) < 4.78 is 23.2. The van der Waals surface area contributed by atoms with Crippen molar-refractivity contribution in [1.82, 2.24) is 0 Å². The van der Waals surface area contributed by atoms with Gasteiger partial charge in [-0.1, -0.05) is 297 Å². The molecule has 0 amide bonds. The minimum Gasteiger partial charge on any atom is -0.456 e. The number of rotatable bonds is 15. The van der Waals surface area contributed by atoms with Crippen LogP contribution in [0.4, 0.5) is 51.2 Å². The second-order valence-corrected chi connectivity index (χ2v) is 38.2. The summed E-state index contributed by atoms with van der Waals surface area (Å²) >= 11 is 7.53. The van der Waals surface area contributed by atoms with E-state index in [4.69, 9.17) is 8.83 Å². The van der Waals surface area contributed by atoms with E-state index in [9.17, 15) is 0 Å². The maximum atomic E-state index is 6.53. The molecule has 0 saturated heterocycles. The molecule has 6 heterocycles. The fourth-order valence-electron chi connectivity index (χ4n) is 19.6. The Hall–Kier alpha value is -16.5.